The summed E-state index contributed by atoms with van der Waals surface area (Å²) in [5.41, 5.74) is 0. The van der Waals surface area contributed by atoms with Crippen LogP contribution in [0.3, 0.4) is 0 Å². The van der Waals surface area contributed by atoms with Gasteiger partial charge >= 0.3 is 0 Å². The van der Waals surface area contributed by atoms with Crippen molar-refractivity contribution in [1.82, 2.24) is 10.3 Å². The predicted molar refractivity (Wildman–Crippen MR) is 76.4 cm³/mol. The predicted octanol–water partition coefficient (Wildman–Crippen LogP) is 2.20. The van der Waals surface area contributed by atoms with E-state index in [0.717, 1.165) is 6.42 Å². The van der Waals surface area contributed by atoms with Crippen LogP contribution in [-0.2, 0) is 4.79 Å². The standard InChI is InChI=1S/C14H23N3O2/c1-5-8-16-14(18)11(4)17-13-12(19-10(2)3)7-6-9-15-13/h6-7,9-11H,5,8H2,1-4H3,(H,15,17)(H,16,18). The molecule has 0 saturated carbocycles. The molecule has 1 rings (SSSR count). The average Bonchev–Trinajstić information content (AvgIpc) is 2.37. The fourth-order valence-corrected chi connectivity index (χ4v) is 1.52. The quantitative estimate of drug-likeness (QED) is 0.793. The minimum Gasteiger partial charge on any atom is -0.487 e. The molecule has 0 aliphatic heterocycles. The van der Waals surface area contributed by atoms with Crippen LogP contribution in [0, 0.1) is 0 Å². The third kappa shape index (κ3) is 5.16. The van der Waals surface area contributed by atoms with E-state index in [0.29, 0.717) is 18.1 Å². The molecule has 0 aliphatic rings. The number of amides is 1. The first-order chi connectivity index (χ1) is 9.04. The van der Waals surface area contributed by atoms with E-state index >= 15 is 0 Å². The number of nitrogens with zero attached hydrogens (tertiary/aromatic N) is 1. The number of rotatable bonds is 7. The van der Waals surface area contributed by atoms with Gasteiger partial charge in [0.15, 0.2) is 11.6 Å². The number of nitrogens with one attached hydrogen (secondary N) is 2. The second-order valence-corrected chi connectivity index (χ2v) is 4.67. The lowest BCUT2D eigenvalue weighted by atomic mass is 10.3. The minimum absolute atomic E-state index is 0.0389. The summed E-state index contributed by atoms with van der Waals surface area (Å²) in [6, 6.07) is 3.30. The molecule has 1 aromatic heterocycles. The van der Waals surface area contributed by atoms with Crippen molar-refractivity contribution in [3.63, 3.8) is 0 Å². The highest BCUT2D eigenvalue weighted by molar-refractivity contribution is 5.84. The van der Waals surface area contributed by atoms with Gasteiger partial charge in [0.25, 0.3) is 0 Å². The first-order valence-corrected chi connectivity index (χ1v) is 6.70. The van der Waals surface area contributed by atoms with E-state index in [4.69, 9.17) is 4.74 Å². The molecule has 0 fully saturated rings. The summed E-state index contributed by atoms with van der Waals surface area (Å²) < 4.78 is 5.65. The van der Waals surface area contributed by atoms with Gasteiger partial charge in [-0.2, -0.15) is 0 Å². The van der Waals surface area contributed by atoms with E-state index in [2.05, 4.69) is 15.6 Å². The molecule has 0 radical (unpaired) electrons. The number of pyridine rings is 1. The Morgan fingerprint density at radius 1 is 1.42 bits per heavy atom. The summed E-state index contributed by atoms with van der Waals surface area (Å²) in [4.78, 5) is 16.0. The Hall–Kier alpha value is -1.78. The topological polar surface area (TPSA) is 63.2 Å². The molecule has 1 amide bonds. The van der Waals surface area contributed by atoms with E-state index in [1.54, 1.807) is 13.1 Å². The highest BCUT2D eigenvalue weighted by Gasteiger charge is 2.15. The van der Waals surface area contributed by atoms with Crippen molar-refractivity contribution < 1.29 is 9.53 Å². The summed E-state index contributed by atoms with van der Waals surface area (Å²) in [6.45, 7) is 8.41. The Bertz CT molecular complexity index is 407. The molecule has 1 unspecified atom stereocenters. The van der Waals surface area contributed by atoms with Gasteiger partial charge in [-0.1, -0.05) is 6.92 Å². The molecule has 1 aromatic rings. The molecule has 0 saturated heterocycles. The van der Waals surface area contributed by atoms with Gasteiger partial charge in [0.05, 0.1) is 6.10 Å². The Balaban J connectivity index is 2.67. The second kappa shape index (κ2) is 7.61. The lowest BCUT2D eigenvalue weighted by Crippen LogP contribution is -2.38. The van der Waals surface area contributed by atoms with Crippen LogP contribution in [0.15, 0.2) is 18.3 Å². The molecular formula is C14H23N3O2. The Kier molecular flexibility index (Phi) is 6.12. The highest BCUT2D eigenvalue weighted by atomic mass is 16.5. The maximum absolute atomic E-state index is 11.8. The van der Waals surface area contributed by atoms with Gasteiger partial charge in [0, 0.05) is 12.7 Å². The summed E-state index contributed by atoms with van der Waals surface area (Å²) in [7, 11) is 0. The van der Waals surface area contributed by atoms with Crippen molar-refractivity contribution in [2.75, 3.05) is 11.9 Å². The van der Waals surface area contributed by atoms with Crippen LogP contribution in [0.1, 0.15) is 34.1 Å². The van der Waals surface area contributed by atoms with Gasteiger partial charge in [-0.25, -0.2) is 4.98 Å². The monoisotopic (exact) mass is 265 g/mol. The van der Waals surface area contributed by atoms with E-state index in [-0.39, 0.29) is 18.1 Å². The maximum atomic E-state index is 11.8. The number of anilines is 1. The van der Waals surface area contributed by atoms with Crippen LogP contribution < -0.4 is 15.4 Å². The largest absolute Gasteiger partial charge is 0.487 e. The molecule has 19 heavy (non-hydrogen) atoms. The van der Waals surface area contributed by atoms with Gasteiger partial charge in [0.2, 0.25) is 5.91 Å². The van der Waals surface area contributed by atoms with E-state index in [1.165, 1.54) is 0 Å². The van der Waals surface area contributed by atoms with Crippen LogP contribution >= 0.6 is 0 Å². The zero-order valence-corrected chi connectivity index (χ0v) is 12.1. The third-order valence-electron chi connectivity index (χ3n) is 2.43. The lowest BCUT2D eigenvalue weighted by molar-refractivity contribution is -0.121. The van der Waals surface area contributed by atoms with Crippen molar-refractivity contribution in [2.24, 2.45) is 0 Å². The molecule has 2 N–H and O–H groups in total. The first-order valence-electron chi connectivity index (χ1n) is 6.70. The SMILES string of the molecule is CCCNC(=O)C(C)Nc1ncccc1OC(C)C. The van der Waals surface area contributed by atoms with Crippen LogP contribution in [-0.4, -0.2) is 29.6 Å². The molecule has 0 aliphatic carbocycles. The van der Waals surface area contributed by atoms with Crippen molar-refractivity contribution in [3.05, 3.63) is 18.3 Å². The number of carbonyl (C=O) groups is 1. The second-order valence-electron chi connectivity index (χ2n) is 4.67. The van der Waals surface area contributed by atoms with Crippen molar-refractivity contribution in [3.8, 4) is 5.75 Å². The van der Waals surface area contributed by atoms with Gasteiger partial charge in [0.1, 0.15) is 6.04 Å². The Morgan fingerprint density at radius 2 is 2.16 bits per heavy atom. The van der Waals surface area contributed by atoms with E-state index < -0.39 is 0 Å². The summed E-state index contributed by atoms with van der Waals surface area (Å²) in [5.74, 6) is 1.21. The molecule has 1 heterocycles. The number of aromatic nitrogens is 1. The molecule has 106 valence electrons. The smallest absolute Gasteiger partial charge is 0.242 e. The minimum atomic E-state index is -0.351. The van der Waals surface area contributed by atoms with Crippen molar-refractivity contribution in [1.29, 1.82) is 0 Å². The summed E-state index contributed by atoms with van der Waals surface area (Å²) in [5, 5.41) is 5.92. The fourth-order valence-electron chi connectivity index (χ4n) is 1.52. The van der Waals surface area contributed by atoms with Crippen LogP contribution in [0.25, 0.3) is 0 Å². The Morgan fingerprint density at radius 3 is 2.79 bits per heavy atom. The number of ether oxygens (including phenoxy) is 1. The third-order valence-corrected chi connectivity index (χ3v) is 2.43. The van der Waals surface area contributed by atoms with Gasteiger partial charge in [-0.3, -0.25) is 4.79 Å². The fraction of sp³-hybridized carbons (Fsp3) is 0.571. The van der Waals surface area contributed by atoms with Crippen LogP contribution in [0.2, 0.25) is 0 Å². The average molecular weight is 265 g/mol. The maximum Gasteiger partial charge on any atom is 0.242 e. The van der Waals surface area contributed by atoms with Gasteiger partial charge < -0.3 is 15.4 Å². The van der Waals surface area contributed by atoms with Crippen molar-refractivity contribution >= 4 is 11.7 Å². The molecule has 0 spiro atoms. The Labute approximate surface area is 114 Å². The molecule has 5 nitrogen and oxygen atoms in total. The number of carbonyl (C=O) groups excluding carboxylic acids is 1. The molecule has 5 heteroatoms. The number of hydrogen-bond donors (Lipinski definition) is 2. The summed E-state index contributed by atoms with van der Waals surface area (Å²) >= 11 is 0. The van der Waals surface area contributed by atoms with Crippen LogP contribution in [0.5, 0.6) is 5.75 Å². The van der Waals surface area contributed by atoms with Gasteiger partial charge in [-0.15, -0.1) is 0 Å². The molecule has 0 bridgehead atoms. The zero-order chi connectivity index (χ0) is 14.3. The molecule has 1 atom stereocenters. The summed E-state index contributed by atoms with van der Waals surface area (Å²) in [6.07, 6.45) is 2.66. The van der Waals surface area contributed by atoms with Crippen LogP contribution in [0.4, 0.5) is 5.82 Å². The number of hydrogen-bond acceptors (Lipinski definition) is 4. The van der Waals surface area contributed by atoms with Gasteiger partial charge in [-0.05, 0) is 39.3 Å². The zero-order valence-electron chi connectivity index (χ0n) is 12.1. The van der Waals surface area contributed by atoms with Crippen molar-refractivity contribution in [2.45, 2.75) is 46.3 Å². The van der Waals surface area contributed by atoms with E-state index in [1.807, 2.05) is 32.9 Å². The molecular weight excluding hydrogens is 242 g/mol. The van der Waals surface area contributed by atoms with E-state index in [9.17, 15) is 4.79 Å². The lowest BCUT2D eigenvalue weighted by Gasteiger charge is -2.18. The highest BCUT2D eigenvalue weighted by Crippen LogP contribution is 2.22. The normalized spacial score (nSPS) is 12.1. The first kappa shape index (κ1) is 15.3. The molecule has 0 aromatic carbocycles.